The van der Waals surface area contributed by atoms with Crippen molar-refractivity contribution in [2.45, 2.75) is 35.7 Å². The summed E-state index contributed by atoms with van der Waals surface area (Å²) in [7, 11) is -3.90. The normalized spacial score (nSPS) is 13.4. The van der Waals surface area contributed by atoms with Crippen LogP contribution in [0.2, 0.25) is 0 Å². The minimum Gasteiger partial charge on any atom is -0.318 e. The fourth-order valence-corrected chi connectivity index (χ4v) is 6.34. The molecule has 1 unspecified atom stereocenters. The van der Waals surface area contributed by atoms with E-state index in [9.17, 15) is 8.42 Å². The lowest BCUT2D eigenvalue weighted by Crippen LogP contribution is -2.14. The number of thiophene rings is 2. The number of rotatable bonds is 5. The summed E-state index contributed by atoms with van der Waals surface area (Å²) >= 11 is 3.03. The first-order chi connectivity index (χ1) is 14.9. The van der Waals surface area contributed by atoms with Crippen LogP contribution in [0.3, 0.4) is 0 Å². The maximum absolute atomic E-state index is 13.4. The van der Waals surface area contributed by atoms with Gasteiger partial charge in [0.15, 0.2) is 5.65 Å². The van der Waals surface area contributed by atoms with Crippen LogP contribution in [0, 0.1) is 0 Å². The van der Waals surface area contributed by atoms with Gasteiger partial charge in [-0.25, -0.2) is 13.4 Å². The smallest absolute Gasteiger partial charge is 0.229 e. The first-order valence-electron chi connectivity index (χ1n) is 9.64. The summed E-state index contributed by atoms with van der Waals surface area (Å²) in [6, 6.07) is 12.2. The van der Waals surface area contributed by atoms with Crippen LogP contribution in [0.1, 0.15) is 41.9 Å². The molecule has 0 spiro atoms. The quantitative estimate of drug-likeness (QED) is 0.409. The van der Waals surface area contributed by atoms with E-state index in [1.54, 1.807) is 12.1 Å². The third kappa shape index (κ3) is 3.26. The molecule has 4 heterocycles. The van der Waals surface area contributed by atoms with E-state index >= 15 is 0 Å². The van der Waals surface area contributed by atoms with Crippen LogP contribution < -0.4 is 5.73 Å². The molecule has 158 valence electrons. The molecule has 0 aliphatic rings. The van der Waals surface area contributed by atoms with Gasteiger partial charge in [0, 0.05) is 4.88 Å². The monoisotopic (exact) mass is 469 g/mol. The van der Waals surface area contributed by atoms with Gasteiger partial charge in [-0.15, -0.1) is 27.8 Å². The van der Waals surface area contributed by atoms with Crippen LogP contribution in [-0.4, -0.2) is 28.2 Å². The standard InChI is InChI=1S/C21H19N5O2S3/c1-12(2)13-5-7-14(8-6-13)31(27,28)21-20-23-18(17(22)16-4-3-10-29-16)19-15(9-11-30-19)26(20)25-24-21/h3-12,17H,22H2,1-2H3. The number of nitrogens with two attached hydrogens (primary N) is 1. The Bertz CT molecular complexity index is 1480. The van der Waals surface area contributed by atoms with E-state index in [4.69, 9.17) is 5.73 Å². The van der Waals surface area contributed by atoms with Crippen molar-refractivity contribution in [2.75, 3.05) is 0 Å². The third-order valence-electron chi connectivity index (χ3n) is 5.20. The summed E-state index contributed by atoms with van der Waals surface area (Å²) in [5.74, 6) is 0.307. The van der Waals surface area contributed by atoms with Gasteiger partial charge < -0.3 is 5.73 Å². The van der Waals surface area contributed by atoms with Crippen molar-refractivity contribution in [1.29, 1.82) is 0 Å². The fourth-order valence-electron chi connectivity index (χ4n) is 3.48. The summed E-state index contributed by atoms with van der Waals surface area (Å²) in [4.78, 5) is 5.79. The van der Waals surface area contributed by atoms with Gasteiger partial charge in [-0.1, -0.05) is 37.3 Å². The number of fused-ring (bicyclic) bond motifs is 3. The molecule has 0 fully saturated rings. The van der Waals surface area contributed by atoms with Crippen LogP contribution in [0.5, 0.6) is 0 Å². The van der Waals surface area contributed by atoms with Crippen molar-refractivity contribution in [3.8, 4) is 0 Å². The molecule has 31 heavy (non-hydrogen) atoms. The molecule has 7 nitrogen and oxygen atoms in total. The molecule has 4 aromatic heterocycles. The molecule has 0 amide bonds. The molecule has 1 atom stereocenters. The second-order valence-electron chi connectivity index (χ2n) is 7.48. The Balaban J connectivity index is 1.71. The van der Waals surface area contributed by atoms with Crippen molar-refractivity contribution in [1.82, 2.24) is 19.8 Å². The van der Waals surface area contributed by atoms with Gasteiger partial charge in [-0.3, -0.25) is 0 Å². The van der Waals surface area contributed by atoms with E-state index in [-0.39, 0.29) is 15.6 Å². The number of sulfone groups is 1. The summed E-state index contributed by atoms with van der Waals surface area (Å²) in [6.07, 6.45) is 0. The maximum atomic E-state index is 13.4. The Morgan fingerprint density at radius 2 is 1.81 bits per heavy atom. The van der Waals surface area contributed by atoms with E-state index in [1.807, 2.05) is 41.1 Å². The van der Waals surface area contributed by atoms with Gasteiger partial charge in [-0.05, 0) is 46.5 Å². The van der Waals surface area contributed by atoms with E-state index in [2.05, 4.69) is 29.1 Å². The molecule has 0 saturated heterocycles. The molecule has 0 saturated carbocycles. The highest BCUT2D eigenvalue weighted by atomic mass is 32.2. The Kier molecular flexibility index (Phi) is 4.89. The van der Waals surface area contributed by atoms with Crippen molar-refractivity contribution in [3.05, 3.63) is 69.4 Å². The van der Waals surface area contributed by atoms with E-state index in [1.165, 1.54) is 27.2 Å². The van der Waals surface area contributed by atoms with E-state index < -0.39 is 15.9 Å². The van der Waals surface area contributed by atoms with Gasteiger partial charge in [-0.2, -0.15) is 4.52 Å². The third-order valence-corrected chi connectivity index (χ3v) is 8.75. The van der Waals surface area contributed by atoms with Crippen LogP contribution in [0.25, 0.3) is 15.9 Å². The predicted octanol–water partition coefficient (Wildman–Crippen LogP) is 4.40. The topological polar surface area (TPSA) is 103 Å². The number of hydrogen-bond donors (Lipinski definition) is 1. The highest BCUT2D eigenvalue weighted by Gasteiger charge is 2.28. The number of nitrogens with zero attached hydrogens (tertiary/aromatic N) is 4. The first kappa shape index (κ1) is 20.3. The summed E-state index contributed by atoms with van der Waals surface area (Å²) in [6.45, 7) is 4.12. The lowest BCUT2D eigenvalue weighted by atomic mass is 10.0. The SMILES string of the molecule is CC(C)c1ccc(S(=O)(=O)c2nnn3c2nc(C(N)c2cccs2)c2sccc23)cc1. The average molecular weight is 470 g/mol. The molecule has 5 rings (SSSR count). The van der Waals surface area contributed by atoms with Gasteiger partial charge >= 0.3 is 0 Å². The highest BCUT2D eigenvalue weighted by molar-refractivity contribution is 7.91. The van der Waals surface area contributed by atoms with Crippen LogP contribution in [0.15, 0.2) is 63.1 Å². The Morgan fingerprint density at radius 3 is 2.48 bits per heavy atom. The predicted molar refractivity (Wildman–Crippen MR) is 122 cm³/mol. The Labute approximate surface area is 187 Å². The molecule has 2 N–H and O–H groups in total. The molecule has 0 aliphatic carbocycles. The number of aromatic nitrogens is 4. The number of hydrogen-bond acceptors (Lipinski definition) is 8. The lowest BCUT2D eigenvalue weighted by molar-refractivity contribution is 0.592. The van der Waals surface area contributed by atoms with E-state index in [0.717, 1.165) is 20.7 Å². The van der Waals surface area contributed by atoms with Crippen LogP contribution >= 0.6 is 22.7 Å². The largest absolute Gasteiger partial charge is 0.318 e. The van der Waals surface area contributed by atoms with Crippen molar-refractivity contribution < 1.29 is 8.42 Å². The van der Waals surface area contributed by atoms with Crippen molar-refractivity contribution in [3.63, 3.8) is 0 Å². The second kappa shape index (κ2) is 7.49. The average Bonchev–Trinajstić information content (AvgIpc) is 3.52. The van der Waals surface area contributed by atoms with Gasteiger partial charge in [0.2, 0.25) is 14.9 Å². The zero-order chi connectivity index (χ0) is 21.8. The van der Waals surface area contributed by atoms with Crippen LogP contribution in [0.4, 0.5) is 0 Å². The minimum absolute atomic E-state index is 0.163. The zero-order valence-electron chi connectivity index (χ0n) is 16.8. The van der Waals surface area contributed by atoms with Crippen molar-refractivity contribution in [2.24, 2.45) is 5.73 Å². The minimum atomic E-state index is -3.90. The van der Waals surface area contributed by atoms with Crippen molar-refractivity contribution >= 4 is 48.4 Å². The van der Waals surface area contributed by atoms with Gasteiger partial charge in [0.1, 0.15) is 0 Å². The summed E-state index contributed by atoms with van der Waals surface area (Å²) in [5, 5.41) is 11.8. The highest BCUT2D eigenvalue weighted by Crippen LogP contribution is 2.34. The molecular weight excluding hydrogens is 450 g/mol. The van der Waals surface area contributed by atoms with Crippen LogP contribution in [-0.2, 0) is 9.84 Å². The second-order valence-corrected chi connectivity index (χ2v) is 11.2. The summed E-state index contributed by atoms with van der Waals surface area (Å²) in [5.41, 5.74) is 9.12. The molecule has 5 aromatic rings. The molecule has 1 aromatic carbocycles. The summed E-state index contributed by atoms with van der Waals surface area (Å²) < 4.78 is 29.1. The Hall–Kier alpha value is -2.66. The fraction of sp³-hybridized carbons (Fsp3) is 0.190. The molecule has 10 heteroatoms. The maximum Gasteiger partial charge on any atom is 0.229 e. The van der Waals surface area contributed by atoms with Gasteiger partial charge in [0.05, 0.1) is 26.8 Å². The van der Waals surface area contributed by atoms with Gasteiger partial charge in [0.25, 0.3) is 0 Å². The number of benzene rings is 1. The van der Waals surface area contributed by atoms with E-state index in [0.29, 0.717) is 11.6 Å². The Morgan fingerprint density at radius 1 is 1.03 bits per heavy atom. The molecule has 0 radical (unpaired) electrons. The zero-order valence-corrected chi connectivity index (χ0v) is 19.2. The molecule has 0 bridgehead atoms. The molecular formula is C21H19N5O2S3. The molecule has 0 aliphatic heterocycles. The first-order valence-corrected chi connectivity index (χ1v) is 12.9. The lowest BCUT2D eigenvalue weighted by Gasteiger charge is -2.11.